The Morgan fingerprint density at radius 3 is 2.80 bits per heavy atom. The molecule has 4 N–H and O–H groups in total. The van der Waals surface area contributed by atoms with Crippen molar-refractivity contribution in [2.75, 3.05) is 13.1 Å². The van der Waals surface area contributed by atoms with E-state index < -0.39 is 11.4 Å². The summed E-state index contributed by atoms with van der Waals surface area (Å²) < 4.78 is 5.74. The van der Waals surface area contributed by atoms with Crippen molar-refractivity contribution in [1.29, 1.82) is 0 Å². The Bertz CT molecular complexity index is 879. The van der Waals surface area contributed by atoms with Crippen LogP contribution in [0.25, 0.3) is 0 Å². The van der Waals surface area contributed by atoms with Gasteiger partial charge in [0, 0.05) is 13.1 Å². The average Bonchev–Trinajstić information content (AvgIpc) is 3.27. The lowest BCUT2D eigenvalue weighted by atomic mass is 9.90. The third kappa shape index (κ3) is 5.74. The zero-order valence-electron chi connectivity index (χ0n) is 17.1. The van der Waals surface area contributed by atoms with Crippen LogP contribution in [0.4, 0.5) is 0 Å². The van der Waals surface area contributed by atoms with E-state index in [-0.39, 0.29) is 30.8 Å². The molecular formula is C21H27N5O4. The van der Waals surface area contributed by atoms with Gasteiger partial charge in [-0.15, -0.1) is 0 Å². The SMILES string of the molecule is CC(C)(CCNC(=O)c1cccc(COc2ccc(C3CCNN3)nc2)n1)C(=O)O. The average molecular weight is 413 g/mol. The molecule has 1 aliphatic rings. The first kappa shape index (κ1) is 21.7. The van der Waals surface area contributed by atoms with Crippen LogP contribution in [0.3, 0.4) is 0 Å². The fraction of sp³-hybridized carbons (Fsp3) is 0.429. The third-order valence-corrected chi connectivity index (χ3v) is 4.99. The molecule has 2 aromatic heterocycles. The molecule has 30 heavy (non-hydrogen) atoms. The number of aliphatic carboxylic acids is 1. The number of hydrazine groups is 1. The second-order valence-electron chi connectivity index (χ2n) is 7.83. The van der Waals surface area contributed by atoms with Crippen LogP contribution in [0.15, 0.2) is 36.5 Å². The van der Waals surface area contributed by atoms with Crippen LogP contribution < -0.4 is 20.9 Å². The van der Waals surface area contributed by atoms with Crippen molar-refractivity contribution in [2.45, 2.75) is 39.3 Å². The summed E-state index contributed by atoms with van der Waals surface area (Å²) in [5, 5.41) is 11.9. The normalized spacial score (nSPS) is 16.3. The van der Waals surface area contributed by atoms with Crippen molar-refractivity contribution in [3.05, 3.63) is 53.6 Å². The number of rotatable bonds is 9. The number of carbonyl (C=O) groups excluding carboxylic acids is 1. The van der Waals surface area contributed by atoms with Crippen LogP contribution in [0.2, 0.25) is 0 Å². The number of hydrogen-bond acceptors (Lipinski definition) is 7. The maximum absolute atomic E-state index is 12.3. The van der Waals surface area contributed by atoms with Gasteiger partial charge >= 0.3 is 5.97 Å². The van der Waals surface area contributed by atoms with Crippen molar-refractivity contribution < 1.29 is 19.4 Å². The van der Waals surface area contributed by atoms with E-state index in [1.54, 1.807) is 38.2 Å². The summed E-state index contributed by atoms with van der Waals surface area (Å²) in [5.74, 6) is -0.619. The summed E-state index contributed by atoms with van der Waals surface area (Å²) in [7, 11) is 0. The van der Waals surface area contributed by atoms with Gasteiger partial charge in [0.05, 0.1) is 29.0 Å². The Balaban J connectivity index is 1.51. The molecule has 0 radical (unpaired) electrons. The minimum absolute atomic E-state index is 0.206. The van der Waals surface area contributed by atoms with Crippen LogP contribution in [-0.4, -0.2) is 40.0 Å². The number of nitrogens with one attached hydrogen (secondary N) is 3. The van der Waals surface area contributed by atoms with Gasteiger partial charge in [0.15, 0.2) is 0 Å². The molecule has 3 rings (SSSR count). The van der Waals surface area contributed by atoms with Crippen molar-refractivity contribution in [1.82, 2.24) is 26.1 Å². The summed E-state index contributed by atoms with van der Waals surface area (Å²) in [5.41, 5.74) is 7.18. The van der Waals surface area contributed by atoms with Crippen LogP contribution in [-0.2, 0) is 11.4 Å². The zero-order chi connectivity index (χ0) is 21.6. The van der Waals surface area contributed by atoms with E-state index in [4.69, 9.17) is 9.84 Å². The molecule has 1 fully saturated rings. The minimum Gasteiger partial charge on any atom is -0.486 e. The van der Waals surface area contributed by atoms with Gasteiger partial charge in [-0.1, -0.05) is 6.07 Å². The van der Waals surface area contributed by atoms with Crippen LogP contribution in [0.1, 0.15) is 54.6 Å². The number of carboxylic acid groups (broad SMARTS) is 1. The van der Waals surface area contributed by atoms with Gasteiger partial charge in [0.1, 0.15) is 18.1 Å². The molecule has 1 aliphatic heterocycles. The number of aromatic nitrogens is 2. The molecule has 2 aromatic rings. The van der Waals surface area contributed by atoms with Gasteiger partial charge in [0.2, 0.25) is 0 Å². The molecule has 3 heterocycles. The summed E-state index contributed by atoms with van der Waals surface area (Å²) in [4.78, 5) is 32.2. The molecule has 9 heteroatoms. The van der Waals surface area contributed by atoms with E-state index in [1.165, 1.54) is 0 Å². The van der Waals surface area contributed by atoms with Crippen molar-refractivity contribution in [2.24, 2.45) is 5.41 Å². The molecule has 1 amide bonds. The number of carbonyl (C=O) groups is 2. The number of ether oxygens (including phenoxy) is 1. The van der Waals surface area contributed by atoms with Gasteiger partial charge in [0.25, 0.3) is 5.91 Å². The van der Waals surface area contributed by atoms with E-state index in [0.29, 0.717) is 17.9 Å². The van der Waals surface area contributed by atoms with Gasteiger partial charge in [-0.25, -0.2) is 10.4 Å². The Kier molecular flexibility index (Phi) is 6.96. The number of nitrogens with zero attached hydrogens (tertiary/aromatic N) is 2. The van der Waals surface area contributed by atoms with E-state index in [0.717, 1.165) is 18.7 Å². The van der Waals surface area contributed by atoms with Crippen LogP contribution >= 0.6 is 0 Å². The van der Waals surface area contributed by atoms with Gasteiger partial charge in [-0.2, -0.15) is 0 Å². The first-order valence-electron chi connectivity index (χ1n) is 9.90. The molecule has 1 atom stereocenters. The molecule has 1 saturated heterocycles. The topological polar surface area (TPSA) is 125 Å². The standard InChI is InChI=1S/C21H27N5O4/c1-21(2,20(28)29)9-11-22-19(27)18-5-3-4-14(25-18)13-30-15-6-7-16(23-12-15)17-8-10-24-26-17/h3-7,12,17,24,26H,8-11,13H2,1-2H3,(H,22,27)(H,28,29). The molecular weight excluding hydrogens is 386 g/mol. The van der Waals surface area contributed by atoms with E-state index in [9.17, 15) is 9.59 Å². The van der Waals surface area contributed by atoms with Gasteiger partial charge in [-0.05, 0) is 51.0 Å². The largest absolute Gasteiger partial charge is 0.486 e. The van der Waals surface area contributed by atoms with E-state index in [1.807, 2.05) is 12.1 Å². The highest BCUT2D eigenvalue weighted by molar-refractivity contribution is 5.92. The molecule has 0 bridgehead atoms. The van der Waals surface area contributed by atoms with Gasteiger partial charge < -0.3 is 15.2 Å². The van der Waals surface area contributed by atoms with Crippen molar-refractivity contribution >= 4 is 11.9 Å². The number of amides is 1. The first-order chi connectivity index (χ1) is 14.3. The molecule has 9 nitrogen and oxygen atoms in total. The number of pyridine rings is 2. The summed E-state index contributed by atoms with van der Waals surface area (Å²) in [6, 6.07) is 9.12. The Labute approximate surface area is 175 Å². The zero-order valence-corrected chi connectivity index (χ0v) is 17.1. The van der Waals surface area contributed by atoms with Crippen LogP contribution in [0, 0.1) is 5.41 Å². The lowest BCUT2D eigenvalue weighted by molar-refractivity contribution is -0.147. The number of hydrogen-bond donors (Lipinski definition) is 4. The predicted molar refractivity (Wildman–Crippen MR) is 110 cm³/mol. The molecule has 1 unspecified atom stereocenters. The summed E-state index contributed by atoms with van der Waals surface area (Å²) >= 11 is 0. The molecule has 160 valence electrons. The van der Waals surface area contributed by atoms with Crippen molar-refractivity contribution in [3.8, 4) is 5.75 Å². The van der Waals surface area contributed by atoms with Gasteiger partial charge in [-0.3, -0.25) is 20.0 Å². The maximum Gasteiger partial charge on any atom is 0.309 e. The molecule has 0 aromatic carbocycles. The Hall–Kier alpha value is -3.04. The highest BCUT2D eigenvalue weighted by Gasteiger charge is 2.26. The van der Waals surface area contributed by atoms with Crippen LogP contribution in [0.5, 0.6) is 5.75 Å². The monoisotopic (exact) mass is 413 g/mol. The van der Waals surface area contributed by atoms with E-state index >= 15 is 0 Å². The Morgan fingerprint density at radius 1 is 1.30 bits per heavy atom. The predicted octanol–water partition coefficient (Wildman–Crippen LogP) is 1.83. The Morgan fingerprint density at radius 2 is 2.13 bits per heavy atom. The lowest BCUT2D eigenvalue weighted by Crippen LogP contribution is -2.32. The highest BCUT2D eigenvalue weighted by Crippen LogP contribution is 2.20. The molecule has 0 saturated carbocycles. The number of carboxylic acids is 1. The second kappa shape index (κ2) is 9.64. The summed E-state index contributed by atoms with van der Waals surface area (Å²) in [6.07, 6.45) is 2.99. The fourth-order valence-electron chi connectivity index (χ4n) is 2.92. The third-order valence-electron chi connectivity index (χ3n) is 4.99. The first-order valence-corrected chi connectivity index (χ1v) is 9.90. The molecule has 0 spiro atoms. The van der Waals surface area contributed by atoms with E-state index in [2.05, 4.69) is 26.1 Å². The smallest absolute Gasteiger partial charge is 0.309 e. The second-order valence-corrected chi connectivity index (χ2v) is 7.83. The fourth-order valence-corrected chi connectivity index (χ4v) is 2.92. The summed E-state index contributed by atoms with van der Waals surface area (Å²) in [6.45, 7) is 4.62. The quantitative estimate of drug-likeness (QED) is 0.491. The van der Waals surface area contributed by atoms with Crippen molar-refractivity contribution in [3.63, 3.8) is 0 Å². The lowest BCUT2D eigenvalue weighted by Gasteiger charge is -2.18. The maximum atomic E-state index is 12.3. The minimum atomic E-state index is -0.898. The molecule has 0 aliphatic carbocycles. The highest BCUT2D eigenvalue weighted by atomic mass is 16.5.